The molecule has 0 unspecified atom stereocenters. The average Bonchev–Trinajstić information content (AvgIpc) is 3.37. The predicted octanol–water partition coefficient (Wildman–Crippen LogP) is 3.62. The van der Waals surface area contributed by atoms with Gasteiger partial charge in [-0.1, -0.05) is 35.9 Å². The summed E-state index contributed by atoms with van der Waals surface area (Å²) in [7, 11) is 4.16. The van der Waals surface area contributed by atoms with Crippen LogP contribution in [0, 0.1) is 0 Å². The number of carbonyl (C=O) groups excluding carboxylic acids is 1. The van der Waals surface area contributed by atoms with E-state index in [0.717, 1.165) is 17.7 Å². The van der Waals surface area contributed by atoms with Crippen LogP contribution in [-0.2, 0) is 12.8 Å². The molecule has 1 amide bonds. The summed E-state index contributed by atoms with van der Waals surface area (Å²) in [4.78, 5) is 16.0. The number of hydrogen-bond acceptors (Lipinski definition) is 4. The summed E-state index contributed by atoms with van der Waals surface area (Å²) in [6.07, 6.45) is 3.43. The van der Waals surface area contributed by atoms with E-state index < -0.39 is 0 Å². The van der Waals surface area contributed by atoms with Crippen LogP contribution in [0.15, 0.2) is 42.6 Å². The van der Waals surface area contributed by atoms with E-state index >= 15 is 0 Å². The number of nitrogens with one attached hydrogen (secondary N) is 2. The Hall–Kier alpha value is -2.15. The Kier molecular flexibility index (Phi) is 4.80. The first-order chi connectivity index (χ1) is 13.0. The number of benzene rings is 1. The zero-order valence-electron chi connectivity index (χ0n) is 15.3. The minimum absolute atomic E-state index is 0.116. The number of rotatable bonds is 5. The molecule has 4 rings (SSSR count). The van der Waals surface area contributed by atoms with Gasteiger partial charge in [-0.25, -0.2) is 0 Å². The SMILES string of the molecule is CN(C)C1(CNC(=O)c2cn[nH]c2-c2ccc(Cl)s2)Cc2ccccc2C1. The summed E-state index contributed by atoms with van der Waals surface area (Å²) < 4.78 is 0.682. The van der Waals surface area contributed by atoms with Crippen LogP contribution in [0.2, 0.25) is 4.34 Å². The molecule has 7 heteroatoms. The van der Waals surface area contributed by atoms with Gasteiger partial charge in [0, 0.05) is 12.1 Å². The topological polar surface area (TPSA) is 61.0 Å². The standard InChI is InChI=1S/C20H21ClN4OS/c1-25(2)20(9-13-5-3-4-6-14(13)10-20)12-22-19(26)15-11-23-24-18(15)16-7-8-17(21)27-16/h3-8,11H,9-10,12H2,1-2H3,(H,22,26)(H,23,24). The molecule has 27 heavy (non-hydrogen) atoms. The number of aromatic amines is 1. The molecule has 0 radical (unpaired) electrons. The molecule has 1 aromatic carbocycles. The smallest absolute Gasteiger partial charge is 0.255 e. The Balaban J connectivity index is 1.52. The zero-order valence-corrected chi connectivity index (χ0v) is 16.8. The van der Waals surface area contributed by atoms with Gasteiger partial charge in [-0.15, -0.1) is 11.3 Å². The van der Waals surface area contributed by atoms with Gasteiger partial charge in [-0.3, -0.25) is 9.89 Å². The third kappa shape index (κ3) is 3.40. The van der Waals surface area contributed by atoms with E-state index in [0.29, 0.717) is 22.1 Å². The first-order valence-electron chi connectivity index (χ1n) is 8.80. The lowest BCUT2D eigenvalue weighted by molar-refractivity contribution is 0.0903. The van der Waals surface area contributed by atoms with Crippen molar-refractivity contribution in [3.05, 3.63) is 63.6 Å². The normalized spacial score (nSPS) is 15.1. The molecule has 0 atom stereocenters. The highest BCUT2D eigenvalue weighted by atomic mass is 35.5. The molecule has 2 aromatic heterocycles. The van der Waals surface area contributed by atoms with Crippen LogP contribution in [0.25, 0.3) is 10.6 Å². The van der Waals surface area contributed by atoms with Crippen molar-refractivity contribution in [1.82, 2.24) is 20.4 Å². The van der Waals surface area contributed by atoms with Crippen LogP contribution in [0.4, 0.5) is 0 Å². The fraction of sp³-hybridized carbons (Fsp3) is 0.300. The molecule has 0 spiro atoms. The van der Waals surface area contributed by atoms with E-state index in [2.05, 4.69) is 58.8 Å². The third-order valence-electron chi connectivity index (χ3n) is 5.39. The predicted molar refractivity (Wildman–Crippen MR) is 110 cm³/mol. The second-order valence-corrected chi connectivity index (χ2v) is 8.90. The number of thiophene rings is 1. The molecule has 0 saturated heterocycles. The number of carbonyl (C=O) groups is 1. The van der Waals surface area contributed by atoms with E-state index in [4.69, 9.17) is 11.6 Å². The maximum absolute atomic E-state index is 12.9. The summed E-state index contributed by atoms with van der Waals surface area (Å²) in [5.41, 5.74) is 3.85. The number of likely N-dealkylation sites (N-methyl/N-ethyl adjacent to an activating group) is 1. The van der Waals surface area contributed by atoms with Crippen LogP contribution in [0.1, 0.15) is 21.5 Å². The van der Waals surface area contributed by atoms with Gasteiger partial charge in [-0.2, -0.15) is 5.10 Å². The molecule has 5 nitrogen and oxygen atoms in total. The summed E-state index contributed by atoms with van der Waals surface area (Å²) in [6, 6.07) is 12.2. The number of halogens is 1. The van der Waals surface area contributed by atoms with Crippen LogP contribution in [0.5, 0.6) is 0 Å². The summed E-state index contributed by atoms with van der Waals surface area (Å²) >= 11 is 7.45. The zero-order chi connectivity index (χ0) is 19.0. The Morgan fingerprint density at radius 1 is 1.26 bits per heavy atom. The average molecular weight is 401 g/mol. The first kappa shape index (κ1) is 18.2. The van der Waals surface area contributed by atoms with Gasteiger partial charge in [-0.05, 0) is 50.2 Å². The molecule has 2 N–H and O–H groups in total. The second kappa shape index (κ2) is 7.11. The highest BCUT2D eigenvalue weighted by Crippen LogP contribution is 2.34. The van der Waals surface area contributed by atoms with Crippen molar-refractivity contribution in [3.8, 4) is 10.6 Å². The number of nitrogens with zero attached hydrogens (tertiary/aromatic N) is 2. The van der Waals surface area contributed by atoms with Crippen molar-refractivity contribution >= 4 is 28.8 Å². The van der Waals surface area contributed by atoms with E-state index in [1.54, 1.807) is 6.20 Å². The highest BCUT2D eigenvalue weighted by Gasteiger charge is 2.39. The van der Waals surface area contributed by atoms with Crippen molar-refractivity contribution in [2.24, 2.45) is 0 Å². The third-order valence-corrected chi connectivity index (χ3v) is 6.64. The van der Waals surface area contributed by atoms with Gasteiger partial charge < -0.3 is 10.2 Å². The number of H-pyrrole nitrogens is 1. The fourth-order valence-electron chi connectivity index (χ4n) is 3.71. The van der Waals surface area contributed by atoms with E-state index in [1.807, 2.05) is 12.1 Å². The van der Waals surface area contributed by atoms with E-state index in [1.165, 1.54) is 22.5 Å². The molecule has 0 bridgehead atoms. The minimum Gasteiger partial charge on any atom is -0.350 e. The van der Waals surface area contributed by atoms with Crippen molar-refractivity contribution in [2.75, 3.05) is 20.6 Å². The number of hydrogen-bond donors (Lipinski definition) is 2. The Bertz CT molecular complexity index is 953. The quantitative estimate of drug-likeness (QED) is 0.687. The summed E-state index contributed by atoms with van der Waals surface area (Å²) in [6.45, 7) is 0.573. The summed E-state index contributed by atoms with van der Waals surface area (Å²) in [5.74, 6) is -0.125. The number of fused-ring (bicyclic) bond motifs is 1. The van der Waals surface area contributed by atoms with Crippen LogP contribution >= 0.6 is 22.9 Å². The first-order valence-corrected chi connectivity index (χ1v) is 9.99. The van der Waals surface area contributed by atoms with E-state index in [9.17, 15) is 4.79 Å². The van der Waals surface area contributed by atoms with Gasteiger partial charge in [0.15, 0.2) is 0 Å². The lowest BCUT2D eigenvalue weighted by Gasteiger charge is -2.36. The molecule has 2 heterocycles. The molecule has 140 valence electrons. The fourth-order valence-corrected chi connectivity index (χ4v) is 4.76. The minimum atomic E-state index is -0.125. The van der Waals surface area contributed by atoms with Crippen molar-refractivity contribution < 1.29 is 4.79 Å². The Labute approximate surface area is 167 Å². The van der Waals surface area contributed by atoms with Gasteiger partial charge >= 0.3 is 0 Å². The Morgan fingerprint density at radius 3 is 2.56 bits per heavy atom. The molecule has 3 aromatic rings. The molecule has 0 fully saturated rings. The van der Waals surface area contributed by atoms with E-state index in [-0.39, 0.29) is 11.4 Å². The monoisotopic (exact) mass is 400 g/mol. The largest absolute Gasteiger partial charge is 0.350 e. The van der Waals surface area contributed by atoms with Gasteiger partial charge in [0.1, 0.15) is 0 Å². The lowest BCUT2D eigenvalue weighted by Crippen LogP contribution is -2.53. The van der Waals surface area contributed by atoms with Crippen molar-refractivity contribution in [2.45, 2.75) is 18.4 Å². The van der Waals surface area contributed by atoms with Crippen LogP contribution in [-0.4, -0.2) is 47.2 Å². The molecular weight excluding hydrogens is 380 g/mol. The molecule has 1 aliphatic carbocycles. The van der Waals surface area contributed by atoms with Crippen LogP contribution < -0.4 is 5.32 Å². The lowest BCUT2D eigenvalue weighted by atomic mass is 9.94. The van der Waals surface area contributed by atoms with Gasteiger partial charge in [0.2, 0.25) is 0 Å². The van der Waals surface area contributed by atoms with Crippen molar-refractivity contribution in [1.29, 1.82) is 0 Å². The molecule has 1 aliphatic rings. The molecule has 0 aliphatic heterocycles. The maximum atomic E-state index is 12.9. The Morgan fingerprint density at radius 2 is 1.96 bits per heavy atom. The van der Waals surface area contributed by atoms with Crippen LogP contribution in [0.3, 0.4) is 0 Å². The number of aromatic nitrogens is 2. The highest BCUT2D eigenvalue weighted by molar-refractivity contribution is 7.19. The number of amides is 1. The van der Waals surface area contributed by atoms with Crippen molar-refractivity contribution in [3.63, 3.8) is 0 Å². The molecular formula is C20H21ClN4OS. The second-order valence-electron chi connectivity index (χ2n) is 7.19. The summed E-state index contributed by atoms with van der Waals surface area (Å²) in [5, 5.41) is 10.1. The maximum Gasteiger partial charge on any atom is 0.255 e. The van der Waals surface area contributed by atoms with Gasteiger partial charge in [0.25, 0.3) is 5.91 Å². The molecule has 0 saturated carbocycles. The van der Waals surface area contributed by atoms with Gasteiger partial charge in [0.05, 0.1) is 26.7 Å².